The van der Waals surface area contributed by atoms with Gasteiger partial charge in [-0.25, -0.2) is 13.2 Å². The van der Waals surface area contributed by atoms with Crippen LogP contribution in [0.15, 0.2) is 164 Å². The van der Waals surface area contributed by atoms with Gasteiger partial charge in [0, 0.05) is 137 Å². The summed E-state index contributed by atoms with van der Waals surface area (Å²) in [6.07, 6.45) is -11.8. The van der Waals surface area contributed by atoms with Crippen molar-refractivity contribution in [1.29, 1.82) is 0 Å². The quantitative estimate of drug-likeness (QED) is 0.0107. The zero-order valence-corrected chi connectivity index (χ0v) is 82.6. The van der Waals surface area contributed by atoms with Crippen molar-refractivity contribution in [2.75, 3.05) is 91.8 Å². The molecule has 770 valence electrons. The summed E-state index contributed by atoms with van der Waals surface area (Å²) in [5, 5.41) is 16.9. The molecule has 6 aliphatic rings. The number of methoxy groups -OCH3 is 3. The SMILES string of the molecule is C.CCN(C(C)C)C(C)C.CCOC(=O)C1CC(Oc2cc(N)cc(OC)c2)C1.CCOC(=O)C1CC(Oc2cc(NC(C(=O)N3CCc4cc(F)c(OC(F)(F)F)cc43)c3ccc(Cl)cc3)cc(OC)c2)C1.COc1cc(NC(C(=O)N2CCc3cc(F)c(OC(F)(F)F)cc32)c2ccc(Cl)cc2)cc(OC2CC(C(=O)O)C2)c1.O=C(C(Br)c1ccc(Cl)cc1)N1CCc2cc(F)c(OC(F)(F)F)cc21.[Li+].[OH-]. The number of aliphatic carboxylic acids is 1. The van der Waals surface area contributed by atoms with Crippen LogP contribution in [0.1, 0.15) is 145 Å². The summed E-state index contributed by atoms with van der Waals surface area (Å²) in [5.41, 5.74) is 10.5. The molecule has 6 N–H and O–H groups in total. The summed E-state index contributed by atoms with van der Waals surface area (Å²) in [5.74, 6) is -6.89. The number of benzene rings is 9. The third-order valence-corrected chi connectivity index (χ3v) is 25.0. The van der Waals surface area contributed by atoms with Gasteiger partial charge in [0.05, 0.1) is 69.4 Å². The van der Waals surface area contributed by atoms with E-state index in [1.807, 2.05) is 6.92 Å². The molecule has 3 aliphatic carbocycles. The molecule has 143 heavy (non-hydrogen) atoms. The second kappa shape index (κ2) is 51.8. The summed E-state index contributed by atoms with van der Waals surface area (Å²) >= 11 is 21.3. The number of anilines is 6. The van der Waals surface area contributed by atoms with Crippen LogP contribution in [0.3, 0.4) is 0 Å². The predicted octanol–water partition coefficient (Wildman–Crippen LogP) is 20.2. The molecule has 9 aromatic rings. The molecular formula is C100H108BrCl3F12LiN7O19. The van der Waals surface area contributed by atoms with Gasteiger partial charge in [0.15, 0.2) is 34.7 Å². The van der Waals surface area contributed by atoms with Gasteiger partial charge in [-0.1, -0.05) is 101 Å². The minimum Gasteiger partial charge on any atom is -0.870 e. The molecule has 3 heterocycles. The molecule has 0 spiro atoms. The van der Waals surface area contributed by atoms with E-state index in [-0.39, 0.29) is 129 Å². The average molecular weight is 2130 g/mol. The molecule has 26 nitrogen and oxygen atoms in total. The molecule has 0 aromatic heterocycles. The molecule has 0 bridgehead atoms. The maximum atomic E-state index is 14.4. The molecule has 3 saturated carbocycles. The number of nitrogens with zero attached hydrogens (tertiary/aromatic N) is 4. The Morgan fingerprint density at radius 3 is 1.02 bits per heavy atom. The predicted molar refractivity (Wildman–Crippen MR) is 513 cm³/mol. The van der Waals surface area contributed by atoms with E-state index in [0.29, 0.717) is 170 Å². The smallest absolute Gasteiger partial charge is 0.870 e. The molecule has 0 saturated heterocycles. The fourth-order valence-corrected chi connectivity index (χ4v) is 17.3. The molecule has 3 atom stereocenters. The number of fused-ring (bicyclic) bond motifs is 3. The van der Waals surface area contributed by atoms with Crippen molar-refractivity contribution in [2.24, 2.45) is 17.8 Å². The number of carboxylic acids is 1. The zero-order chi connectivity index (χ0) is 102. The topological polar surface area (TPSA) is 317 Å². The number of hydrogen-bond acceptors (Lipinski definition) is 22. The Labute approximate surface area is 854 Å². The van der Waals surface area contributed by atoms with E-state index in [1.54, 1.807) is 141 Å². The minimum absolute atomic E-state index is 0. The van der Waals surface area contributed by atoms with Gasteiger partial charge in [0.2, 0.25) is 5.91 Å². The maximum Gasteiger partial charge on any atom is 1.00 e. The number of nitrogens with one attached hydrogen (secondary N) is 2. The van der Waals surface area contributed by atoms with Crippen LogP contribution in [0.25, 0.3) is 0 Å². The number of rotatable bonds is 30. The molecule has 15 rings (SSSR count). The van der Waals surface area contributed by atoms with Crippen LogP contribution in [0.2, 0.25) is 15.1 Å². The van der Waals surface area contributed by atoms with Crippen LogP contribution in [-0.4, -0.2) is 161 Å². The maximum absolute atomic E-state index is 14.4. The summed E-state index contributed by atoms with van der Waals surface area (Å²) in [6.45, 7) is 17.1. The van der Waals surface area contributed by atoms with Crippen molar-refractivity contribution in [3.8, 4) is 51.7 Å². The van der Waals surface area contributed by atoms with Crippen molar-refractivity contribution >= 4 is 120 Å². The fourth-order valence-electron chi connectivity index (χ4n) is 16.4. The summed E-state index contributed by atoms with van der Waals surface area (Å²) in [7, 11) is 4.51. The molecular weight excluding hydrogens is 2020 g/mol. The van der Waals surface area contributed by atoms with Gasteiger partial charge in [0.25, 0.3) is 11.8 Å². The van der Waals surface area contributed by atoms with E-state index < -0.39 is 94.4 Å². The Hall–Kier alpha value is -11.6. The molecule has 9 aromatic carbocycles. The van der Waals surface area contributed by atoms with Gasteiger partial charge >= 0.3 is 55.9 Å². The van der Waals surface area contributed by atoms with Gasteiger partial charge < -0.3 is 93.8 Å². The average Bonchev–Trinajstić information content (AvgIpc) is 1.65. The molecule has 3 unspecified atom stereocenters. The standard InChI is InChI=1S/C31H29ClF4N2O6.C29H25ClF4N2O6.C17H11BrClF4NO2.C14H19NO4.C8H19N.CH4.Li.H2O/c1-3-42-30(40)19-10-23(11-19)43-24-14-21(13-22(15-24)41-2)37-28(17-4-6-20(32)7-5-17)29(39)38-9-8-18-12-25(33)27(16-26(18)38)44-31(34,35)36;1-40-20-11-19(12-22(13-20)41-21-8-17(9-21)28(38)39)35-26(15-2-4-18(30)5-3-15)27(37)36-7-6-16-10-23(31)25(14-24(16)36)42-29(32,33)34;18-15(9-1-3-11(19)4-2-9)16(25)24-6-5-10-7-12(20)14(8-13(10)24)26-17(21,22)23;1-3-18-14(16)9-4-12(5-9)19-13-7-10(15)6-11(8-13)17-2;1-6-9(7(2)3)8(4)5;;;/h4-7,12-16,19,23,28,37H,3,8-11H2,1-2H3;2-5,10-14,17,21,26,35H,6-9H2,1H3,(H,38,39);1-4,7-8,15H,5-6H2;6-9,12H,3-5,15H2,1-2H3;7-8H,6H2,1-5H3;1H4;;1H2/q;;;;;;+1;/p-1. The number of halogens is 16. The number of ether oxygens (including phenoxy) is 11. The first-order valence-electron chi connectivity index (χ1n) is 44.5. The van der Waals surface area contributed by atoms with Crippen LogP contribution in [0.4, 0.5) is 86.8 Å². The second-order valence-electron chi connectivity index (χ2n) is 33.6. The Bertz CT molecular complexity index is 5830. The first-order valence-corrected chi connectivity index (χ1v) is 46.5. The number of amides is 3. The monoisotopic (exact) mass is 2130 g/mol. The van der Waals surface area contributed by atoms with Crippen LogP contribution in [0.5, 0.6) is 51.7 Å². The number of hydrogen-bond donors (Lipinski definition) is 4. The van der Waals surface area contributed by atoms with Gasteiger partial charge in [-0.3, -0.25) is 33.7 Å². The largest absolute Gasteiger partial charge is 1.00 e. The number of carbonyl (C=O) groups is 6. The Balaban J connectivity index is 0.000000233. The first-order chi connectivity index (χ1) is 66.2. The molecule has 3 fully saturated rings. The van der Waals surface area contributed by atoms with Gasteiger partial charge in [0.1, 0.15) is 69.7 Å². The second-order valence-corrected chi connectivity index (χ2v) is 35.8. The number of nitrogens with two attached hydrogens (primary N) is 1. The van der Waals surface area contributed by atoms with Crippen molar-refractivity contribution in [1.82, 2.24) is 4.90 Å². The molecule has 43 heteroatoms. The fraction of sp³-hybridized carbons (Fsp3) is 0.400. The van der Waals surface area contributed by atoms with E-state index in [9.17, 15) is 81.5 Å². The van der Waals surface area contributed by atoms with Crippen LogP contribution in [-0.2, 0) is 57.5 Å². The zero-order valence-electron chi connectivity index (χ0n) is 78.8. The van der Waals surface area contributed by atoms with Gasteiger partial charge in [-0.15, -0.1) is 39.5 Å². The van der Waals surface area contributed by atoms with E-state index in [1.165, 1.54) is 28.9 Å². The normalized spacial score (nSPS) is 17.3. The Morgan fingerprint density at radius 2 is 0.734 bits per heavy atom. The Kier molecular flexibility index (Phi) is 42.2. The van der Waals surface area contributed by atoms with E-state index in [4.69, 9.17) is 83.5 Å². The minimum atomic E-state index is -5.12. The number of alkyl halides is 10. The van der Waals surface area contributed by atoms with Crippen LogP contribution in [0, 0.1) is 35.2 Å². The molecule has 0 radical (unpaired) electrons. The molecule has 3 aliphatic heterocycles. The van der Waals surface area contributed by atoms with Crippen molar-refractivity contribution in [3.63, 3.8) is 0 Å². The van der Waals surface area contributed by atoms with Gasteiger partial charge in [-0.05, 0) is 194 Å². The van der Waals surface area contributed by atoms with E-state index in [0.717, 1.165) is 42.9 Å². The summed E-state index contributed by atoms with van der Waals surface area (Å²) < 4.78 is 212. The third-order valence-electron chi connectivity index (χ3n) is 23.3. The number of carboxylic acid groups (broad SMARTS) is 1. The summed E-state index contributed by atoms with van der Waals surface area (Å²) in [6, 6.07) is 39.6. The summed E-state index contributed by atoms with van der Waals surface area (Å²) in [4.78, 5) is 81.1. The van der Waals surface area contributed by atoms with E-state index in [2.05, 4.69) is 80.3 Å². The number of carbonyl (C=O) groups excluding carboxylic acids is 5. The molecule has 3 amide bonds. The first kappa shape index (κ1) is 117. The number of esters is 2. The van der Waals surface area contributed by atoms with Crippen LogP contribution < -0.4 is 92.6 Å². The van der Waals surface area contributed by atoms with Gasteiger partial charge in [-0.2, -0.15) is 0 Å². The van der Waals surface area contributed by atoms with E-state index >= 15 is 0 Å². The number of nitrogen functional groups attached to an aromatic ring is 1. The third kappa shape index (κ3) is 32.2. The van der Waals surface area contributed by atoms with Crippen molar-refractivity contribution in [2.45, 2.75) is 180 Å². The Morgan fingerprint density at radius 1 is 0.448 bits per heavy atom. The van der Waals surface area contributed by atoms with Crippen molar-refractivity contribution in [3.05, 3.63) is 230 Å². The van der Waals surface area contributed by atoms with Crippen LogP contribution >= 0.6 is 50.7 Å². The van der Waals surface area contributed by atoms with Crippen molar-refractivity contribution < 1.29 is 163 Å².